The highest BCUT2D eigenvalue weighted by atomic mass is 79.9. The fourth-order valence-corrected chi connectivity index (χ4v) is 25.0. The van der Waals surface area contributed by atoms with Crippen LogP contribution in [0.25, 0.3) is 0 Å². The van der Waals surface area contributed by atoms with Crippen molar-refractivity contribution in [2.45, 2.75) is 31.9 Å². The summed E-state index contributed by atoms with van der Waals surface area (Å²) in [5.74, 6) is 0. The van der Waals surface area contributed by atoms with E-state index < -0.39 is 13.4 Å². The van der Waals surface area contributed by atoms with E-state index in [1.807, 2.05) is 0 Å². The molecule has 0 heterocycles. The summed E-state index contributed by atoms with van der Waals surface area (Å²) in [7, 11) is 0. The lowest BCUT2D eigenvalue weighted by Gasteiger charge is -2.21. The fraction of sp³-hybridized carbons (Fsp3) is 1.00. The van der Waals surface area contributed by atoms with Crippen molar-refractivity contribution in [2.24, 2.45) is 0 Å². The van der Waals surface area contributed by atoms with Crippen LogP contribution in [0.5, 0.6) is 0 Å². The van der Waals surface area contributed by atoms with Crippen LogP contribution in [0.1, 0.15) is 0 Å². The molecule has 0 atom stereocenters. The van der Waals surface area contributed by atoms with Crippen molar-refractivity contribution in [1.29, 1.82) is 0 Å². The maximum Gasteiger partial charge on any atom is 0.122 e. The first kappa shape index (κ1) is 10.4. The summed E-state index contributed by atoms with van der Waals surface area (Å²) in [6.07, 6.45) is 0. The molecule has 0 fully saturated rings. The maximum absolute atomic E-state index is 3.76. The van der Waals surface area contributed by atoms with Gasteiger partial charge >= 0.3 is 0 Å². The summed E-state index contributed by atoms with van der Waals surface area (Å²) in [4.78, 5) is 0. The molecule has 0 aliphatic carbocycles. The molecule has 0 aliphatic heterocycles. The van der Waals surface area contributed by atoms with Crippen molar-refractivity contribution < 1.29 is 0 Å². The normalized spacial score (nSPS) is 14.0. The zero-order chi connectivity index (χ0) is 7.71. The van der Waals surface area contributed by atoms with Crippen LogP contribution in [0.3, 0.4) is 0 Å². The smallest absolute Gasteiger partial charge is 0.122 e. The Kier molecular flexibility index (Phi) is 3.69. The second-order valence-electron chi connectivity index (χ2n) is 3.61. The molecule has 0 aromatic heterocycles. The van der Waals surface area contributed by atoms with Gasteiger partial charge in [0.05, 0.1) is 0 Å². The second-order valence-corrected chi connectivity index (χ2v) is 24.8. The summed E-state index contributed by atoms with van der Waals surface area (Å²) in [6.45, 7) is 7.47. The molecule has 0 aliphatic rings. The van der Waals surface area contributed by atoms with Crippen molar-refractivity contribution in [2.75, 3.05) is 0 Å². The van der Waals surface area contributed by atoms with E-state index in [2.05, 4.69) is 56.8 Å². The lowest BCUT2D eigenvalue weighted by Crippen LogP contribution is -2.29. The third kappa shape index (κ3) is 9.39. The first-order valence-corrected chi connectivity index (χ1v) is 14.0. The van der Waals surface area contributed by atoms with Crippen LogP contribution in [-0.2, 0) is 0 Å². The molecule has 0 unspecified atom stereocenters. The number of hydrogen-bond acceptors (Lipinski definition) is 0. The van der Waals surface area contributed by atoms with Gasteiger partial charge in [-0.1, -0.05) is 26.2 Å². The van der Waals surface area contributed by atoms with E-state index in [4.69, 9.17) is 0 Å². The van der Waals surface area contributed by atoms with E-state index in [0.717, 1.165) is 0 Å². The van der Waals surface area contributed by atoms with Crippen molar-refractivity contribution >= 4 is 44.0 Å². The molecule has 0 amide bonds. The monoisotopic (exact) mass is 288 g/mol. The largest absolute Gasteiger partial charge is 0.127 e. The van der Waals surface area contributed by atoms with Crippen LogP contribution in [0.15, 0.2) is 0 Å². The highest BCUT2D eigenvalue weighted by Gasteiger charge is 2.27. The van der Waals surface area contributed by atoms with Crippen LogP contribution >= 0.6 is 30.6 Å². The van der Waals surface area contributed by atoms with Crippen LogP contribution in [0.4, 0.5) is 0 Å². The standard InChI is InChI=1S/C5H14Br2Si2/c1-8(2,6)5-9(3,4)7/h5H2,1-4H3. The number of rotatable bonds is 2. The Hall–Kier alpha value is 1.39. The molecule has 0 saturated carbocycles. The lowest BCUT2D eigenvalue weighted by atomic mass is 11.8. The van der Waals surface area contributed by atoms with Gasteiger partial charge in [0.15, 0.2) is 0 Å². The zero-order valence-electron chi connectivity index (χ0n) is 6.46. The van der Waals surface area contributed by atoms with Gasteiger partial charge in [-0.15, -0.1) is 30.6 Å². The van der Waals surface area contributed by atoms with Crippen molar-refractivity contribution in [3.05, 3.63) is 0 Å². The Balaban J connectivity index is 3.75. The summed E-state index contributed by atoms with van der Waals surface area (Å²) in [5, 5.41) is 0. The third-order valence-electron chi connectivity index (χ3n) is 0.841. The summed E-state index contributed by atoms with van der Waals surface area (Å²) < 4.78 is 0. The molecule has 9 heavy (non-hydrogen) atoms. The van der Waals surface area contributed by atoms with Crippen LogP contribution in [-0.4, -0.2) is 13.4 Å². The minimum atomic E-state index is -0.965. The first-order valence-electron chi connectivity index (χ1n) is 3.09. The molecule has 0 N–H and O–H groups in total. The molecule has 0 rings (SSSR count). The van der Waals surface area contributed by atoms with Gasteiger partial charge in [-0.3, -0.25) is 0 Å². The third-order valence-corrected chi connectivity index (χ3v) is 12.6. The molecular formula is C5H14Br2Si2. The van der Waals surface area contributed by atoms with Crippen molar-refractivity contribution in [3.8, 4) is 0 Å². The van der Waals surface area contributed by atoms with E-state index in [0.29, 0.717) is 0 Å². The Bertz CT molecular complexity index is 78.1. The van der Waals surface area contributed by atoms with Crippen molar-refractivity contribution in [1.82, 2.24) is 0 Å². The van der Waals surface area contributed by atoms with Crippen LogP contribution in [0, 0.1) is 0 Å². The summed E-state index contributed by atoms with van der Waals surface area (Å²) in [6, 6.07) is 0. The predicted octanol–water partition coefficient (Wildman–Crippen LogP) is 3.73. The molecule has 0 aromatic carbocycles. The quantitative estimate of drug-likeness (QED) is 0.537. The molecule has 4 heteroatoms. The van der Waals surface area contributed by atoms with Gasteiger partial charge in [-0.25, -0.2) is 0 Å². The number of halogens is 2. The first-order chi connectivity index (χ1) is 3.71. The highest BCUT2D eigenvalue weighted by Crippen LogP contribution is 2.27. The average Bonchev–Trinajstić information content (AvgIpc) is 1.14. The summed E-state index contributed by atoms with van der Waals surface area (Å²) in [5.41, 5.74) is 1.40. The molecule has 0 nitrogen and oxygen atoms in total. The molecule has 0 radical (unpaired) electrons. The second kappa shape index (κ2) is 3.19. The molecule has 0 bridgehead atoms. The molecule has 0 spiro atoms. The number of hydrogen-bond donors (Lipinski definition) is 0. The topological polar surface area (TPSA) is 0 Å². The van der Waals surface area contributed by atoms with Gasteiger partial charge < -0.3 is 0 Å². The Morgan fingerprint density at radius 3 is 1.11 bits per heavy atom. The van der Waals surface area contributed by atoms with Gasteiger partial charge in [-0.05, 0) is 5.67 Å². The zero-order valence-corrected chi connectivity index (χ0v) is 11.6. The molecule has 56 valence electrons. The molecule has 0 aromatic rings. The van der Waals surface area contributed by atoms with E-state index in [9.17, 15) is 0 Å². The fourth-order valence-electron chi connectivity index (χ4n) is 1.000. The molecule has 0 saturated heterocycles. The minimum Gasteiger partial charge on any atom is -0.127 e. The van der Waals surface area contributed by atoms with E-state index in [-0.39, 0.29) is 0 Å². The highest BCUT2D eigenvalue weighted by molar-refractivity contribution is 9.27. The van der Waals surface area contributed by atoms with E-state index >= 15 is 0 Å². The van der Waals surface area contributed by atoms with Gasteiger partial charge in [0.25, 0.3) is 0 Å². The van der Waals surface area contributed by atoms with E-state index in [1.165, 1.54) is 5.67 Å². The average molecular weight is 290 g/mol. The minimum absolute atomic E-state index is 0.965. The molecular weight excluding hydrogens is 276 g/mol. The van der Waals surface area contributed by atoms with E-state index in [1.54, 1.807) is 0 Å². The van der Waals surface area contributed by atoms with Gasteiger partial charge in [0, 0.05) is 0 Å². The Morgan fingerprint density at radius 2 is 1.11 bits per heavy atom. The lowest BCUT2D eigenvalue weighted by molar-refractivity contribution is 1.68. The summed E-state index contributed by atoms with van der Waals surface area (Å²) >= 11 is 7.52. The van der Waals surface area contributed by atoms with Gasteiger partial charge in [0.2, 0.25) is 0 Å². The van der Waals surface area contributed by atoms with Gasteiger partial charge in [-0.2, -0.15) is 0 Å². The van der Waals surface area contributed by atoms with Gasteiger partial charge in [0.1, 0.15) is 13.4 Å². The SMILES string of the molecule is C[Si](C)(Br)C[Si](C)(C)Br. The Morgan fingerprint density at radius 1 is 0.889 bits per heavy atom. The predicted molar refractivity (Wildman–Crippen MR) is 57.6 cm³/mol. The van der Waals surface area contributed by atoms with Crippen molar-refractivity contribution in [3.63, 3.8) is 0 Å². The Labute approximate surface area is 75.6 Å². The van der Waals surface area contributed by atoms with Crippen LogP contribution in [0.2, 0.25) is 31.9 Å². The maximum atomic E-state index is 3.76. The van der Waals surface area contributed by atoms with Crippen LogP contribution < -0.4 is 0 Å².